The fraction of sp³-hybridized carbons (Fsp3) is 0.533. The number of carbonyl (C=O) groups is 1. The Morgan fingerprint density at radius 3 is 2.48 bits per heavy atom. The van der Waals surface area contributed by atoms with Crippen LogP contribution in [0, 0.1) is 12.8 Å². The van der Waals surface area contributed by atoms with E-state index in [0.29, 0.717) is 17.0 Å². The van der Waals surface area contributed by atoms with E-state index in [4.69, 9.17) is 5.14 Å². The molecule has 3 N–H and O–H groups in total. The minimum Gasteiger partial charge on any atom is -0.349 e. The van der Waals surface area contributed by atoms with Crippen LogP contribution in [0.5, 0.6) is 0 Å². The summed E-state index contributed by atoms with van der Waals surface area (Å²) in [5.41, 5.74) is 1.03. The predicted molar refractivity (Wildman–Crippen MR) is 81.4 cm³/mol. The fourth-order valence-corrected chi connectivity index (χ4v) is 3.55. The van der Waals surface area contributed by atoms with Crippen molar-refractivity contribution in [3.05, 3.63) is 29.3 Å². The number of sulfonamides is 1. The van der Waals surface area contributed by atoms with E-state index in [9.17, 15) is 13.2 Å². The zero-order valence-corrected chi connectivity index (χ0v) is 13.2. The first-order valence-corrected chi connectivity index (χ1v) is 8.77. The number of benzene rings is 1. The third-order valence-electron chi connectivity index (χ3n) is 4.11. The van der Waals surface area contributed by atoms with Crippen LogP contribution in [0.25, 0.3) is 0 Å². The van der Waals surface area contributed by atoms with Gasteiger partial charge >= 0.3 is 0 Å². The molecule has 0 aliphatic heterocycles. The van der Waals surface area contributed by atoms with Crippen LogP contribution in [0.2, 0.25) is 0 Å². The molecule has 2 rings (SSSR count). The van der Waals surface area contributed by atoms with Crippen molar-refractivity contribution in [1.82, 2.24) is 5.32 Å². The summed E-state index contributed by atoms with van der Waals surface area (Å²) in [6, 6.07) is 4.56. The monoisotopic (exact) mass is 310 g/mol. The molecule has 1 unspecified atom stereocenters. The summed E-state index contributed by atoms with van der Waals surface area (Å²) in [5, 5.41) is 8.11. The number of carbonyl (C=O) groups excluding carboxylic acids is 1. The number of nitrogens with two attached hydrogens (primary N) is 1. The maximum atomic E-state index is 12.3. The molecule has 1 atom stereocenters. The molecule has 0 radical (unpaired) electrons. The highest BCUT2D eigenvalue weighted by Crippen LogP contribution is 2.27. The molecule has 1 aliphatic carbocycles. The van der Waals surface area contributed by atoms with Gasteiger partial charge in [-0.2, -0.15) is 0 Å². The third-order valence-corrected chi connectivity index (χ3v) is 5.00. The molecule has 1 aromatic rings. The molecule has 0 bridgehead atoms. The Bertz CT molecular complexity index is 634. The zero-order chi connectivity index (χ0) is 15.6. The molecule has 0 heterocycles. The predicted octanol–water partition coefficient (Wildman–Crippen LogP) is 1.95. The van der Waals surface area contributed by atoms with Gasteiger partial charge in [0.25, 0.3) is 5.91 Å². The van der Waals surface area contributed by atoms with Gasteiger partial charge in [-0.3, -0.25) is 4.79 Å². The van der Waals surface area contributed by atoms with Crippen molar-refractivity contribution >= 4 is 15.9 Å². The summed E-state index contributed by atoms with van der Waals surface area (Å²) in [6.45, 7) is 3.75. The minimum atomic E-state index is -3.81. The van der Waals surface area contributed by atoms with Gasteiger partial charge in [0.2, 0.25) is 10.0 Å². The molecule has 1 aromatic carbocycles. The maximum Gasteiger partial charge on any atom is 0.251 e. The van der Waals surface area contributed by atoms with E-state index in [2.05, 4.69) is 5.32 Å². The molecule has 116 valence electrons. The summed E-state index contributed by atoms with van der Waals surface area (Å²) in [4.78, 5) is 12.3. The smallest absolute Gasteiger partial charge is 0.251 e. The van der Waals surface area contributed by atoms with Gasteiger partial charge in [0.05, 0.1) is 4.90 Å². The Hall–Kier alpha value is -1.40. The lowest BCUT2D eigenvalue weighted by Gasteiger charge is -2.20. The Labute approximate surface area is 126 Å². The number of rotatable bonds is 4. The Kier molecular flexibility index (Phi) is 4.68. The van der Waals surface area contributed by atoms with Crippen molar-refractivity contribution in [3.8, 4) is 0 Å². The third kappa shape index (κ3) is 4.04. The van der Waals surface area contributed by atoms with Crippen LogP contribution in [0.15, 0.2) is 23.1 Å². The summed E-state index contributed by atoms with van der Waals surface area (Å²) in [7, 11) is -3.81. The molecule has 0 spiro atoms. The lowest BCUT2D eigenvalue weighted by Crippen LogP contribution is -2.37. The molecule has 5 nitrogen and oxygen atoms in total. The minimum absolute atomic E-state index is 0.0267. The molecule has 21 heavy (non-hydrogen) atoms. The van der Waals surface area contributed by atoms with Gasteiger partial charge in [0.1, 0.15) is 0 Å². The first-order chi connectivity index (χ1) is 9.77. The summed E-state index contributed by atoms with van der Waals surface area (Å²) in [6.07, 6.45) is 4.70. The number of aryl methyl sites for hydroxylation is 1. The van der Waals surface area contributed by atoms with E-state index in [1.165, 1.54) is 25.0 Å². The SMILES string of the molecule is Cc1cc(C(=O)NC(C)C2CCCC2)cc(S(N)(=O)=O)c1. The normalized spacial score (nSPS) is 17.7. The molecule has 0 aromatic heterocycles. The molecule has 0 saturated heterocycles. The molecule has 1 saturated carbocycles. The van der Waals surface area contributed by atoms with E-state index in [1.807, 2.05) is 6.92 Å². The number of hydrogen-bond donors (Lipinski definition) is 2. The standard InChI is InChI=1S/C15H22N2O3S/c1-10-7-13(9-14(8-10)21(16,19)20)15(18)17-11(2)12-5-3-4-6-12/h7-9,11-12H,3-6H2,1-2H3,(H,17,18)(H2,16,19,20). The quantitative estimate of drug-likeness (QED) is 0.890. The maximum absolute atomic E-state index is 12.3. The molecular formula is C15H22N2O3S. The van der Waals surface area contributed by atoms with Crippen LogP contribution in [0.3, 0.4) is 0 Å². The Morgan fingerprint density at radius 2 is 1.90 bits per heavy atom. The van der Waals surface area contributed by atoms with Crippen LogP contribution in [-0.4, -0.2) is 20.4 Å². The molecule has 1 aliphatic rings. The van der Waals surface area contributed by atoms with E-state index in [1.54, 1.807) is 13.0 Å². The van der Waals surface area contributed by atoms with Gasteiger partial charge < -0.3 is 5.32 Å². The second-order valence-corrected chi connectivity index (χ2v) is 7.45. The summed E-state index contributed by atoms with van der Waals surface area (Å²) < 4.78 is 22.9. The summed E-state index contributed by atoms with van der Waals surface area (Å²) in [5.74, 6) is 0.263. The van der Waals surface area contributed by atoms with Crippen molar-refractivity contribution in [3.63, 3.8) is 0 Å². The Morgan fingerprint density at radius 1 is 1.29 bits per heavy atom. The topological polar surface area (TPSA) is 89.3 Å². The van der Waals surface area contributed by atoms with Crippen molar-refractivity contribution in [1.29, 1.82) is 0 Å². The molecule has 1 fully saturated rings. The van der Waals surface area contributed by atoms with E-state index < -0.39 is 10.0 Å². The molecule has 1 amide bonds. The summed E-state index contributed by atoms with van der Waals surface area (Å²) >= 11 is 0. The lowest BCUT2D eigenvalue weighted by atomic mass is 9.99. The van der Waals surface area contributed by atoms with E-state index in [0.717, 1.165) is 12.8 Å². The van der Waals surface area contributed by atoms with Crippen LogP contribution >= 0.6 is 0 Å². The fourth-order valence-electron chi connectivity index (χ4n) is 2.91. The van der Waals surface area contributed by atoms with Crippen molar-refractivity contribution in [2.45, 2.75) is 50.5 Å². The van der Waals surface area contributed by atoms with Gasteiger partial charge in [-0.25, -0.2) is 13.6 Å². The zero-order valence-electron chi connectivity index (χ0n) is 12.4. The van der Waals surface area contributed by atoms with Gasteiger partial charge in [-0.05, 0) is 56.4 Å². The van der Waals surface area contributed by atoms with Crippen LogP contribution < -0.4 is 10.5 Å². The van der Waals surface area contributed by atoms with Gasteiger partial charge in [0, 0.05) is 11.6 Å². The highest BCUT2D eigenvalue weighted by atomic mass is 32.2. The first kappa shape index (κ1) is 16.0. The van der Waals surface area contributed by atoms with Crippen LogP contribution in [-0.2, 0) is 10.0 Å². The second-order valence-electron chi connectivity index (χ2n) is 5.89. The molecular weight excluding hydrogens is 288 g/mol. The highest BCUT2D eigenvalue weighted by molar-refractivity contribution is 7.89. The molecule has 6 heteroatoms. The second kappa shape index (κ2) is 6.15. The van der Waals surface area contributed by atoms with Crippen molar-refractivity contribution < 1.29 is 13.2 Å². The Balaban J connectivity index is 2.17. The average Bonchev–Trinajstić information content (AvgIpc) is 2.90. The van der Waals surface area contributed by atoms with Gasteiger partial charge in [0.15, 0.2) is 0 Å². The lowest BCUT2D eigenvalue weighted by molar-refractivity contribution is 0.0927. The largest absolute Gasteiger partial charge is 0.349 e. The highest BCUT2D eigenvalue weighted by Gasteiger charge is 2.23. The first-order valence-electron chi connectivity index (χ1n) is 7.23. The number of hydrogen-bond acceptors (Lipinski definition) is 3. The number of amides is 1. The average molecular weight is 310 g/mol. The van der Waals surface area contributed by atoms with Gasteiger partial charge in [-0.1, -0.05) is 12.8 Å². The van der Waals surface area contributed by atoms with Crippen LogP contribution in [0.1, 0.15) is 48.5 Å². The van der Waals surface area contributed by atoms with E-state index >= 15 is 0 Å². The van der Waals surface area contributed by atoms with Crippen molar-refractivity contribution in [2.75, 3.05) is 0 Å². The number of primary sulfonamides is 1. The van der Waals surface area contributed by atoms with E-state index in [-0.39, 0.29) is 16.8 Å². The van der Waals surface area contributed by atoms with Crippen molar-refractivity contribution in [2.24, 2.45) is 11.1 Å². The number of nitrogens with one attached hydrogen (secondary N) is 1. The van der Waals surface area contributed by atoms with Crippen LogP contribution in [0.4, 0.5) is 0 Å². The van der Waals surface area contributed by atoms with Gasteiger partial charge in [-0.15, -0.1) is 0 Å².